The Labute approximate surface area is 154 Å². The molecule has 6 nitrogen and oxygen atoms in total. The standard InChI is InChI=1S/C18H28N4O2S/c1-21(2)16-5-3-15(4-6-16)20-17(23)19-13-18(7-12-25-14-18)22-8-10-24-11-9-22/h3-6H,7-14H2,1-2H3,(H2,19,20,23). The number of thioether (sulfide) groups is 1. The van der Waals surface area contributed by atoms with Crippen LogP contribution in [0.25, 0.3) is 0 Å². The van der Waals surface area contributed by atoms with Gasteiger partial charge in [-0.1, -0.05) is 0 Å². The number of nitrogens with one attached hydrogen (secondary N) is 2. The Hall–Kier alpha value is -1.44. The largest absolute Gasteiger partial charge is 0.379 e. The number of hydrogen-bond donors (Lipinski definition) is 2. The van der Waals surface area contributed by atoms with E-state index in [4.69, 9.17) is 4.74 Å². The maximum Gasteiger partial charge on any atom is 0.319 e. The number of morpholine rings is 1. The van der Waals surface area contributed by atoms with Crippen molar-refractivity contribution in [3.63, 3.8) is 0 Å². The highest BCUT2D eigenvalue weighted by Crippen LogP contribution is 2.33. The minimum Gasteiger partial charge on any atom is -0.379 e. The third-order valence-electron chi connectivity index (χ3n) is 4.98. The molecule has 2 aliphatic heterocycles. The maximum absolute atomic E-state index is 12.3. The van der Waals surface area contributed by atoms with Crippen LogP contribution in [0.4, 0.5) is 16.2 Å². The summed E-state index contributed by atoms with van der Waals surface area (Å²) in [4.78, 5) is 16.9. The van der Waals surface area contributed by atoms with E-state index >= 15 is 0 Å². The summed E-state index contributed by atoms with van der Waals surface area (Å²) in [6.45, 7) is 4.17. The Balaban J connectivity index is 1.54. The summed E-state index contributed by atoms with van der Waals surface area (Å²) in [6.07, 6.45) is 1.12. The van der Waals surface area contributed by atoms with Crippen LogP contribution in [-0.2, 0) is 4.74 Å². The van der Waals surface area contributed by atoms with E-state index in [1.54, 1.807) is 0 Å². The van der Waals surface area contributed by atoms with E-state index < -0.39 is 0 Å². The van der Waals surface area contributed by atoms with Gasteiger partial charge in [-0.25, -0.2) is 4.79 Å². The predicted octanol–water partition coefficient (Wildman–Crippen LogP) is 2.08. The molecule has 1 aromatic carbocycles. The highest BCUT2D eigenvalue weighted by Gasteiger charge is 2.40. The van der Waals surface area contributed by atoms with Crippen molar-refractivity contribution < 1.29 is 9.53 Å². The van der Waals surface area contributed by atoms with Crippen molar-refractivity contribution in [2.45, 2.75) is 12.0 Å². The number of nitrogens with zero attached hydrogens (tertiary/aromatic N) is 2. The molecule has 138 valence electrons. The van der Waals surface area contributed by atoms with E-state index in [0.29, 0.717) is 6.54 Å². The number of urea groups is 1. The molecule has 1 atom stereocenters. The number of hydrogen-bond acceptors (Lipinski definition) is 5. The third-order valence-corrected chi connectivity index (χ3v) is 6.22. The zero-order valence-corrected chi connectivity index (χ0v) is 15.9. The Morgan fingerprint density at radius 2 is 2.00 bits per heavy atom. The fraction of sp³-hybridized carbons (Fsp3) is 0.611. The summed E-state index contributed by atoms with van der Waals surface area (Å²) in [5.74, 6) is 2.23. The lowest BCUT2D eigenvalue weighted by molar-refractivity contribution is -0.0123. The van der Waals surface area contributed by atoms with Crippen LogP contribution in [0.5, 0.6) is 0 Å². The summed E-state index contributed by atoms with van der Waals surface area (Å²) in [7, 11) is 4.00. The van der Waals surface area contributed by atoms with Gasteiger partial charge in [0, 0.05) is 56.4 Å². The van der Waals surface area contributed by atoms with Gasteiger partial charge in [0.15, 0.2) is 0 Å². The molecule has 1 aromatic rings. The van der Waals surface area contributed by atoms with Crippen LogP contribution in [0, 0.1) is 0 Å². The van der Waals surface area contributed by atoms with Crippen LogP contribution >= 0.6 is 11.8 Å². The van der Waals surface area contributed by atoms with Gasteiger partial charge in [0.05, 0.1) is 13.2 Å². The molecule has 0 radical (unpaired) electrons. The van der Waals surface area contributed by atoms with Gasteiger partial charge in [-0.2, -0.15) is 11.8 Å². The van der Waals surface area contributed by atoms with Crippen LogP contribution in [-0.4, -0.2) is 74.9 Å². The number of carbonyl (C=O) groups excluding carboxylic acids is 1. The highest BCUT2D eigenvalue weighted by atomic mass is 32.2. The topological polar surface area (TPSA) is 56.8 Å². The summed E-state index contributed by atoms with van der Waals surface area (Å²) in [5.41, 5.74) is 1.99. The quantitative estimate of drug-likeness (QED) is 0.838. The molecule has 0 saturated carbocycles. The lowest BCUT2D eigenvalue weighted by Gasteiger charge is -2.43. The molecule has 2 N–H and O–H groups in total. The molecule has 0 aromatic heterocycles. The van der Waals surface area contributed by atoms with Crippen LogP contribution in [0.2, 0.25) is 0 Å². The highest BCUT2D eigenvalue weighted by molar-refractivity contribution is 7.99. The smallest absolute Gasteiger partial charge is 0.319 e. The summed E-state index contributed by atoms with van der Waals surface area (Å²) < 4.78 is 5.48. The second-order valence-corrected chi connectivity index (χ2v) is 7.98. The Kier molecular flexibility index (Phi) is 6.09. The molecule has 2 amide bonds. The zero-order chi connectivity index (χ0) is 17.7. The first-order valence-corrected chi connectivity index (χ1v) is 9.97. The minimum atomic E-state index is -0.137. The second kappa shape index (κ2) is 8.29. The first kappa shape index (κ1) is 18.4. The molecule has 1 unspecified atom stereocenters. The minimum absolute atomic E-state index is 0.0700. The summed E-state index contributed by atoms with van der Waals surface area (Å²) in [6, 6.07) is 7.72. The van der Waals surface area contributed by atoms with Crippen molar-refractivity contribution in [3.8, 4) is 0 Å². The van der Waals surface area contributed by atoms with Crippen molar-refractivity contribution >= 4 is 29.2 Å². The average Bonchev–Trinajstić information content (AvgIpc) is 3.11. The van der Waals surface area contributed by atoms with Crippen molar-refractivity contribution in [2.24, 2.45) is 0 Å². The van der Waals surface area contributed by atoms with Gasteiger partial charge in [0.2, 0.25) is 0 Å². The number of anilines is 2. The molecule has 7 heteroatoms. The van der Waals surface area contributed by atoms with Crippen molar-refractivity contribution in [1.82, 2.24) is 10.2 Å². The molecule has 2 fully saturated rings. The molecule has 25 heavy (non-hydrogen) atoms. The molecular formula is C18H28N4O2S. The monoisotopic (exact) mass is 364 g/mol. The second-order valence-electron chi connectivity index (χ2n) is 6.88. The van der Waals surface area contributed by atoms with E-state index in [-0.39, 0.29) is 11.6 Å². The van der Waals surface area contributed by atoms with Crippen LogP contribution in [0.1, 0.15) is 6.42 Å². The number of amides is 2. The van der Waals surface area contributed by atoms with E-state index in [1.165, 1.54) is 0 Å². The van der Waals surface area contributed by atoms with E-state index in [1.807, 2.05) is 55.0 Å². The van der Waals surface area contributed by atoms with Crippen LogP contribution in [0.15, 0.2) is 24.3 Å². The van der Waals surface area contributed by atoms with E-state index in [2.05, 4.69) is 15.5 Å². The van der Waals surface area contributed by atoms with Gasteiger partial charge in [-0.05, 0) is 36.4 Å². The molecule has 2 heterocycles. The SMILES string of the molecule is CN(C)c1ccc(NC(=O)NCC2(N3CCOCC3)CCSC2)cc1. The molecular weight excluding hydrogens is 336 g/mol. The van der Waals surface area contributed by atoms with Gasteiger partial charge in [-0.15, -0.1) is 0 Å². The molecule has 2 saturated heterocycles. The lowest BCUT2D eigenvalue weighted by Crippen LogP contribution is -2.59. The molecule has 0 spiro atoms. The Morgan fingerprint density at radius 3 is 2.60 bits per heavy atom. The lowest BCUT2D eigenvalue weighted by atomic mass is 9.95. The summed E-state index contributed by atoms with van der Waals surface area (Å²) >= 11 is 1.98. The maximum atomic E-state index is 12.3. The zero-order valence-electron chi connectivity index (χ0n) is 15.1. The summed E-state index contributed by atoms with van der Waals surface area (Å²) in [5, 5.41) is 6.03. The van der Waals surface area contributed by atoms with Crippen molar-refractivity contribution in [3.05, 3.63) is 24.3 Å². The average molecular weight is 365 g/mol. The number of carbonyl (C=O) groups is 1. The number of rotatable bonds is 5. The fourth-order valence-corrected chi connectivity index (χ4v) is 4.88. The Morgan fingerprint density at radius 1 is 1.28 bits per heavy atom. The van der Waals surface area contributed by atoms with Crippen LogP contribution in [0.3, 0.4) is 0 Å². The number of benzene rings is 1. The molecule has 2 aliphatic rings. The molecule has 0 bridgehead atoms. The Bertz CT molecular complexity index is 567. The van der Waals surface area contributed by atoms with Crippen molar-refractivity contribution in [1.29, 1.82) is 0 Å². The van der Waals surface area contributed by atoms with Gasteiger partial charge in [0.25, 0.3) is 0 Å². The van der Waals surface area contributed by atoms with Gasteiger partial charge >= 0.3 is 6.03 Å². The molecule has 3 rings (SSSR count). The first-order chi connectivity index (χ1) is 12.1. The van der Waals surface area contributed by atoms with Crippen LogP contribution < -0.4 is 15.5 Å². The molecule has 0 aliphatic carbocycles. The van der Waals surface area contributed by atoms with Crippen molar-refractivity contribution in [2.75, 3.05) is 68.7 Å². The third kappa shape index (κ3) is 4.59. The van der Waals surface area contributed by atoms with E-state index in [0.717, 1.165) is 55.6 Å². The van der Waals surface area contributed by atoms with Gasteiger partial charge < -0.3 is 20.3 Å². The first-order valence-electron chi connectivity index (χ1n) is 8.82. The van der Waals surface area contributed by atoms with Gasteiger partial charge in [-0.3, -0.25) is 4.90 Å². The van der Waals surface area contributed by atoms with E-state index in [9.17, 15) is 4.79 Å². The fourth-order valence-electron chi connectivity index (χ4n) is 3.40. The predicted molar refractivity (Wildman–Crippen MR) is 105 cm³/mol. The number of ether oxygens (including phenoxy) is 1. The van der Waals surface area contributed by atoms with Gasteiger partial charge in [0.1, 0.15) is 0 Å². The normalized spacial score (nSPS) is 24.1.